The highest BCUT2D eigenvalue weighted by Crippen LogP contribution is 2.25. The molecule has 0 N–H and O–H groups in total. The molecule has 0 spiro atoms. The standard InChI is InChI=1S/C20H26N2O3/c1-15-12-17(21-25-15)14-22(2)20(23)11-10-16-6-5-9-19(13-16)24-18-7-3-4-8-18/h5-6,9,12-13,18H,3-4,7-8,10-11,14H2,1-2H3. The molecule has 0 radical (unpaired) electrons. The first-order valence-corrected chi connectivity index (χ1v) is 9.02. The fourth-order valence-electron chi connectivity index (χ4n) is 3.24. The van der Waals surface area contributed by atoms with Crippen LogP contribution in [0.1, 0.15) is 49.1 Å². The molecule has 1 aromatic carbocycles. The third-order valence-electron chi connectivity index (χ3n) is 4.63. The van der Waals surface area contributed by atoms with Gasteiger partial charge in [-0.2, -0.15) is 0 Å². The predicted octanol–water partition coefficient (Wildman–Crippen LogP) is 3.90. The molecular weight excluding hydrogens is 316 g/mol. The Morgan fingerprint density at radius 1 is 1.32 bits per heavy atom. The number of carbonyl (C=O) groups is 1. The number of carbonyl (C=O) groups excluding carboxylic acids is 1. The molecule has 1 saturated carbocycles. The molecule has 5 nitrogen and oxygen atoms in total. The lowest BCUT2D eigenvalue weighted by atomic mass is 10.1. The van der Waals surface area contributed by atoms with Crippen LogP contribution in [0, 0.1) is 6.92 Å². The molecule has 1 heterocycles. The fraction of sp³-hybridized carbons (Fsp3) is 0.500. The summed E-state index contributed by atoms with van der Waals surface area (Å²) in [4.78, 5) is 14.0. The molecule has 1 aromatic heterocycles. The summed E-state index contributed by atoms with van der Waals surface area (Å²) in [5.41, 5.74) is 1.91. The quantitative estimate of drug-likeness (QED) is 0.766. The van der Waals surface area contributed by atoms with Crippen LogP contribution in [0.4, 0.5) is 0 Å². The molecule has 134 valence electrons. The van der Waals surface area contributed by atoms with Crippen LogP contribution in [0.25, 0.3) is 0 Å². The van der Waals surface area contributed by atoms with Gasteiger partial charge in [0, 0.05) is 19.5 Å². The minimum Gasteiger partial charge on any atom is -0.490 e. The van der Waals surface area contributed by atoms with E-state index in [1.165, 1.54) is 12.8 Å². The average Bonchev–Trinajstić information content (AvgIpc) is 3.25. The van der Waals surface area contributed by atoms with Gasteiger partial charge in [0.2, 0.25) is 5.91 Å². The second-order valence-corrected chi connectivity index (χ2v) is 6.85. The summed E-state index contributed by atoms with van der Waals surface area (Å²) in [5.74, 6) is 1.78. The minimum absolute atomic E-state index is 0.0998. The summed E-state index contributed by atoms with van der Waals surface area (Å²) in [6.45, 7) is 2.32. The van der Waals surface area contributed by atoms with E-state index < -0.39 is 0 Å². The molecule has 0 atom stereocenters. The second-order valence-electron chi connectivity index (χ2n) is 6.85. The molecule has 0 aliphatic heterocycles. The van der Waals surface area contributed by atoms with Crippen molar-refractivity contribution in [3.8, 4) is 5.75 Å². The third-order valence-corrected chi connectivity index (χ3v) is 4.63. The van der Waals surface area contributed by atoms with Gasteiger partial charge in [0.15, 0.2) is 0 Å². The molecule has 1 amide bonds. The lowest BCUT2D eigenvalue weighted by Crippen LogP contribution is -2.26. The Kier molecular flexibility index (Phi) is 5.74. The van der Waals surface area contributed by atoms with Crippen molar-refractivity contribution >= 4 is 5.91 Å². The maximum Gasteiger partial charge on any atom is 0.222 e. The van der Waals surface area contributed by atoms with Crippen LogP contribution in [0.15, 0.2) is 34.9 Å². The Labute approximate surface area is 148 Å². The van der Waals surface area contributed by atoms with Crippen LogP contribution in [0.3, 0.4) is 0 Å². The number of ether oxygens (including phenoxy) is 1. The second kappa shape index (κ2) is 8.19. The Balaban J connectivity index is 1.49. The molecule has 25 heavy (non-hydrogen) atoms. The summed E-state index contributed by atoms with van der Waals surface area (Å²) in [6, 6.07) is 9.98. The first kappa shape index (κ1) is 17.5. The Morgan fingerprint density at radius 3 is 2.84 bits per heavy atom. The maximum atomic E-state index is 12.3. The highest BCUT2D eigenvalue weighted by molar-refractivity contribution is 5.76. The molecule has 0 bridgehead atoms. The first-order chi connectivity index (χ1) is 12.1. The summed E-state index contributed by atoms with van der Waals surface area (Å²) in [7, 11) is 1.80. The third kappa shape index (κ3) is 5.08. The van der Waals surface area contributed by atoms with Gasteiger partial charge in [-0.15, -0.1) is 0 Å². The van der Waals surface area contributed by atoms with Crippen molar-refractivity contribution in [3.05, 3.63) is 47.3 Å². The molecule has 0 unspecified atom stereocenters. The van der Waals surface area contributed by atoms with Crippen LogP contribution in [0.2, 0.25) is 0 Å². The van der Waals surface area contributed by atoms with Crippen LogP contribution in [-0.2, 0) is 17.8 Å². The van der Waals surface area contributed by atoms with Crippen molar-refractivity contribution in [2.45, 2.75) is 58.1 Å². The van der Waals surface area contributed by atoms with E-state index in [4.69, 9.17) is 9.26 Å². The Morgan fingerprint density at radius 2 is 2.12 bits per heavy atom. The molecule has 5 heteroatoms. The van der Waals surface area contributed by atoms with Crippen molar-refractivity contribution in [1.82, 2.24) is 10.1 Å². The molecule has 3 rings (SSSR count). The summed E-state index contributed by atoms with van der Waals surface area (Å²) in [6.07, 6.45) is 6.36. The number of hydrogen-bond acceptors (Lipinski definition) is 4. The number of amides is 1. The molecule has 1 fully saturated rings. The highest BCUT2D eigenvalue weighted by Gasteiger charge is 2.17. The van der Waals surface area contributed by atoms with Crippen LogP contribution >= 0.6 is 0 Å². The van der Waals surface area contributed by atoms with E-state index in [-0.39, 0.29) is 5.91 Å². The maximum absolute atomic E-state index is 12.3. The minimum atomic E-state index is 0.0998. The highest BCUT2D eigenvalue weighted by atomic mass is 16.5. The van der Waals surface area contributed by atoms with Crippen LogP contribution in [-0.4, -0.2) is 29.1 Å². The van der Waals surface area contributed by atoms with Gasteiger partial charge in [0.1, 0.15) is 17.2 Å². The topological polar surface area (TPSA) is 55.6 Å². The van der Waals surface area contributed by atoms with Gasteiger partial charge in [-0.25, -0.2) is 0 Å². The van der Waals surface area contributed by atoms with Crippen molar-refractivity contribution in [1.29, 1.82) is 0 Å². The predicted molar refractivity (Wildman–Crippen MR) is 95.4 cm³/mol. The van der Waals surface area contributed by atoms with Gasteiger partial charge in [-0.1, -0.05) is 17.3 Å². The van der Waals surface area contributed by atoms with Gasteiger partial charge in [0.25, 0.3) is 0 Å². The number of rotatable bonds is 7. The lowest BCUT2D eigenvalue weighted by Gasteiger charge is -2.16. The van der Waals surface area contributed by atoms with Crippen molar-refractivity contribution in [2.24, 2.45) is 0 Å². The van der Waals surface area contributed by atoms with E-state index in [0.717, 1.165) is 35.6 Å². The van der Waals surface area contributed by atoms with E-state index in [1.807, 2.05) is 25.1 Å². The zero-order valence-corrected chi connectivity index (χ0v) is 15.0. The van der Waals surface area contributed by atoms with E-state index in [9.17, 15) is 4.79 Å². The fourth-order valence-corrected chi connectivity index (χ4v) is 3.24. The lowest BCUT2D eigenvalue weighted by molar-refractivity contribution is -0.130. The summed E-state index contributed by atoms with van der Waals surface area (Å²) < 4.78 is 11.1. The Hall–Kier alpha value is -2.30. The van der Waals surface area contributed by atoms with Gasteiger partial charge >= 0.3 is 0 Å². The van der Waals surface area contributed by atoms with Crippen LogP contribution < -0.4 is 4.74 Å². The summed E-state index contributed by atoms with van der Waals surface area (Å²) >= 11 is 0. The normalized spacial score (nSPS) is 14.6. The van der Waals surface area contributed by atoms with Crippen LogP contribution in [0.5, 0.6) is 5.75 Å². The zero-order chi connectivity index (χ0) is 17.6. The van der Waals surface area contributed by atoms with Crippen molar-refractivity contribution in [2.75, 3.05) is 7.05 Å². The first-order valence-electron chi connectivity index (χ1n) is 9.02. The number of nitrogens with zero attached hydrogens (tertiary/aromatic N) is 2. The molecular formula is C20H26N2O3. The Bertz CT molecular complexity index is 704. The number of benzene rings is 1. The van der Waals surface area contributed by atoms with E-state index in [2.05, 4.69) is 17.3 Å². The molecule has 2 aromatic rings. The molecule has 0 saturated heterocycles. The SMILES string of the molecule is Cc1cc(CN(C)C(=O)CCc2cccc(OC3CCCC3)c2)no1. The number of aryl methyl sites for hydroxylation is 2. The largest absolute Gasteiger partial charge is 0.490 e. The number of aromatic nitrogens is 1. The monoisotopic (exact) mass is 342 g/mol. The average molecular weight is 342 g/mol. The van der Waals surface area contributed by atoms with Crippen molar-refractivity contribution in [3.63, 3.8) is 0 Å². The van der Waals surface area contributed by atoms with Gasteiger partial charge in [-0.05, 0) is 56.7 Å². The van der Waals surface area contributed by atoms with Gasteiger partial charge < -0.3 is 14.2 Å². The summed E-state index contributed by atoms with van der Waals surface area (Å²) in [5, 5.41) is 3.93. The molecule has 1 aliphatic carbocycles. The van der Waals surface area contributed by atoms with E-state index in [1.54, 1.807) is 11.9 Å². The van der Waals surface area contributed by atoms with E-state index in [0.29, 0.717) is 25.5 Å². The number of hydrogen-bond donors (Lipinski definition) is 0. The van der Waals surface area contributed by atoms with E-state index >= 15 is 0 Å². The van der Waals surface area contributed by atoms with Gasteiger partial charge in [0.05, 0.1) is 12.6 Å². The zero-order valence-electron chi connectivity index (χ0n) is 15.0. The molecule has 1 aliphatic rings. The van der Waals surface area contributed by atoms with Gasteiger partial charge in [-0.3, -0.25) is 4.79 Å². The van der Waals surface area contributed by atoms with Crippen molar-refractivity contribution < 1.29 is 14.1 Å². The smallest absolute Gasteiger partial charge is 0.222 e.